The molecule has 1 saturated heterocycles. The molecule has 6 heteroatoms. The van der Waals surface area contributed by atoms with Crippen LogP contribution in [0.3, 0.4) is 0 Å². The Labute approximate surface area is 127 Å². The van der Waals surface area contributed by atoms with Crippen molar-refractivity contribution in [2.24, 2.45) is 0 Å². The first kappa shape index (κ1) is 14.0. The number of nitrogens with one attached hydrogen (secondary N) is 1. The van der Waals surface area contributed by atoms with E-state index < -0.39 is 0 Å². The number of nitrogens with zero attached hydrogens (tertiary/aromatic N) is 2. The number of hydrogen-bond donors (Lipinski definition) is 1. The summed E-state index contributed by atoms with van der Waals surface area (Å²) in [6.45, 7) is 2.28. The van der Waals surface area contributed by atoms with Gasteiger partial charge in [-0.15, -0.1) is 11.3 Å². The maximum atomic E-state index is 12.6. The van der Waals surface area contributed by atoms with Crippen molar-refractivity contribution in [1.82, 2.24) is 15.2 Å². The Morgan fingerprint density at radius 3 is 2.90 bits per heavy atom. The summed E-state index contributed by atoms with van der Waals surface area (Å²) in [5, 5.41) is 3.35. The lowest BCUT2D eigenvalue weighted by molar-refractivity contribution is 0.0639. The third-order valence-corrected chi connectivity index (χ3v) is 4.41. The molecule has 5 nitrogen and oxygen atoms in total. The number of ether oxygens (including phenoxy) is 1. The molecule has 2 heterocycles. The first-order valence-corrected chi connectivity index (χ1v) is 7.71. The summed E-state index contributed by atoms with van der Waals surface area (Å²) < 4.78 is 5.19. The normalized spacial score (nSPS) is 18.5. The minimum Gasteiger partial charge on any atom is -0.497 e. The number of carbonyl (C=O) groups is 1. The summed E-state index contributed by atoms with van der Waals surface area (Å²) in [4.78, 5) is 19.2. The second-order valence-corrected chi connectivity index (χ2v) is 5.74. The van der Waals surface area contributed by atoms with Crippen LogP contribution in [-0.4, -0.2) is 42.5 Å². The quantitative estimate of drug-likeness (QED) is 0.941. The second-order valence-electron chi connectivity index (χ2n) is 4.86. The van der Waals surface area contributed by atoms with Gasteiger partial charge in [-0.3, -0.25) is 9.78 Å². The van der Waals surface area contributed by atoms with E-state index in [-0.39, 0.29) is 11.9 Å². The molecule has 1 N–H and O–H groups in total. The van der Waals surface area contributed by atoms with Gasteiger partial charge in [-0.25, -0.2) is 0 Å². The van der Waals surface area contributed by atoms with Crippen molar-refractivity contribution in [1.29, 1.82) is 0 Å². The number of benzene rings is 1. The average molecular weight is 303 g/mol. The SMILES string of the molecule is COc1ccc(C2CNCCN2C(=O)c2cncs2)cc1. The van der Waals surface area contributed by atoms with E-state index in [4.69, 9.17) is 4.74 Å². The van der Waals surface area contributed by atoms with Crippen LogP contribution in [0.15, 0.2) is 36.0 Å². The highest BCUT2D eigenvalue weighted by atomic mass is 32.1. The van der Waals surface area contributed by atoms with Crippen LogP contribution in [0.4, 0.5) is 0 Å². The standard InChI is InChI=1S/C15H17N3O2S/c1-20-12-4-2-11(3-5-12)13-8-16-6-7-18(13)15(19)14-9-17-10-21-14/h2-5,9-10,13,16H,6-8H2,1H3. The molecule has 0 radical (unpaired) electrons. The minimum absolute atomic E-state index is 0.0410. The molecule has 1 fully saturated rings. The number of hydrogen-bond acceptors (Lipinski definition) is 5. The summed E-state index contributed by atoms with van der Waals surface area (Å²) in [6, 6.07) is 7.94. The van der Waals surface area contributed by atoms with Crippen LogP contribution in [0, 0.1) is 0 Å². The molecule has 0 spiro atoms. The fraction of sp³-hybridized carbons (Fsp3) is 0.333. The van der Waals surface area contributed by atoms with Gasteiger partial charge in [0, 0.05) is 19.6 Å². The first-order valence-electron chi connectivity index (χ1n) is 6.83. The molecule has 21 heavy (non-hydrogen) atoms. The zero-order valence-electron chi connectivity index (χ0n) is 11.8. The Morgan fingerprint density at radius 1 is 1.43 bits per heavy atom. The molecule has 1 aromatic carbocycles. The van der Waals surface area contributed by atoms with Gasteiger partial charge in [-0.1, -0.05) is 12.1 Å². The van der Waals surface area contributed by atoms with Gasteiger partial charge in [-0.05, 0) is 17.7 Å². The van der Waals surface area contributed by atoms with Crippen LogP contribution in [0.1, 0.15) is 21.3 Å². The largest absolute Gasteiger partial charge is 0.497 e. The Kier molecular flexibility index (Phi) is 4.17. The maximum Gasteiger partial charge on any atom is 0.266 e. The Balaban J connectivity index is 1.85. The smallest absolute Gasteiger partial charge is 0.266 e. The van der Waals surface area contributed by atoms with Gasteiger partial charge in [-0.2, -0.15) is 0 Å². The highest BCUT2D eigenvalue weighted by molar-refractivity contribution is 7.11. The highest BCUT2D eigenvalue weighted by Gasteiger charge is 2.29. The van der Waals surface area contributed by atoms with Gasteiger partial charge in [0.1, 0.15) is 10.6 Å². The van der Waals surface area contributed by atoms with Crippen LogP contribution in [0.2, 0.25) is 0 Å². The van der Waals surface area contributed by atoms with Gasteiger partial charge >= 0.3 is 0 Å². The molecule has 0 saturated carbocycles. The fourth-order valence-electron chi connectivity index (χ4n) is 2.53. The zero-order valence-corrected chi connectivity index (χ0v) is 12.6. The lowest BCUT2D eigenvalue weighted by Crippen LogP contribution is -2.48. The van der Waals surface area contributed by atoms with Crippen molar-refractivity contribution in [3.8, 4) is 5.75 Å². The molecule has 1 aromatic heterocycles. The third-order valence-electron chi connectivity index (χ3n) is 3.65. The van der Waals surface area contributed by atoms with Gasteiger partial charge in [0.05, 0.1) is 24.9 Å². The van der Waals surface area contributed by atoms with Crippen LogP contribution in [-0.2, 0) is 0 Å². The van der Waals surface area contributed by atoms with Crippen molar-refractivity contribution in [3.05, 3.63) is 46.4 Å². The van der Waals surface area contributed by atoms with Crippen molar-refractivity contribution in [2.45, 2.75) is 6.04 Å². The molecular weight excluding hydrogens is 286 g/mol. The molecule has 0 aliphatic carbocycles. The lowest BCUT2D eigenvalue weighted by Gasteiger charge is -2.36. The zero-order chi connectivity index (χ0) is 14.7. The average Bonchev–Trinajstić information content (AvgIpc) is 3.09. The predicted octanol–water partition coefficient (Wildman–Crippen LogP) is 1.94. The summed E-state index contributed by atoms with van der Waals surface area (Å²) in [7, 11) is 1.65. The molecule has 1 aliphatic rings. The second kappa shape index (κ2) is 6.24. The number of piperazine rings is 1. The van der Waals surface area contributed by atoms with Crippen LogP contribution in [0.25, 0.3) is 0 Å². The Morgan fingerprint density at radius 2 is 2.24 bits per heavy atom. The molecular formula is C15H17N3O2S. The number of aromatic nitrogens is 1. The van der Waals surface area contributed by atoms with Crippen LogP contribution < -0.4 is 10.1 Å². The molecule has 1 aliphatic heterocycles. The topological polar surface area (TPSA) is 54.5 Å². The predicted molar refractivity (Wildman–Crippen MR) is 81.8 cm³/mol. The van der Waals surface area contributed by atoms with E-state index in [1.807, 2.05) is 29.2 Å². The number of rotatable bonds is 3. The number of carbonyl (C=O) groups excluding carboxylic acids is 1. The van der Waals surface area contributed by atoms with Gasteiger partial charge in [0.15, 0.2) is 0 Å². The molecule has 110 valence electrons. The van der Waals surface area contributed by atoms with E-state index in [0.29, 0.717) is 11.4 Å². The van der Waals surface area contributed by atoms with E-state index in [1.54, 1.807) is 18.8 Å². The number of methoxy groups -OCH3 is 1. The van der Waals surface area contributed by atoms with E-state index in [1.165, 1.54) is 11.3 Å². The van der Waals surface area contributed by atoms with E-state index >= 15 is 0 Å². The highest BCUT2D eigenvalue weighted by Crippen LogP contribution is 2.26. The molecule has 0 bridgehead atoms. The van der Waals surface area contributed by atoms with E-state index in [2.05, 4.69) is 10.3 Å². The van der Waals surface area contributed by atoms with Crippen molar-refractivity contribution in [3.63, 3.8) is 0 Å². The van der Waals surface area contributed by atoms with Gasteiger partial charge < -0.3 is 15.0 Å². The third kappa shape index (κ3) is 2.91. The molecule has 1 unspecified atom stereocenters. The lowest BCUT2D eigenvalue weighted by atomic mass is 10.0. The summed E-state index contributed by atoms with van der Waals surface area (Å²) in [6.07, 6.45) is 1.64. The maximum absolute atomic E-state index is 12.6. The molecule has 3 rings (SSSR count). The van der Waals surface area contributed by atoms with E-state index in [0.717, 1.165) is 24.4 Å². The van der Waals surface area contributed by atoms with Gasteiger partial charge in [0.2, 0.25) is 0 Å². The van der Waals surface area contributed by atoms with E-state index in [9.17, 15) is 4.79 Å². The molecule has 1 atom stereocenters. The minimum atomic E-state index is 0.0410. The Hall–Kier alpha value is -1.92. The van der Waals surface area contributed by atoms with Crippen molar-refractivity contribution in [2.75, 3.05) is 26.7 Å². The summed E-state index contributed by atoms with van der Waals surface area (Å²) in [5.41, 5.74) is 2.80. The Bertz CT molecular complexity index is 598. The van der Waals surface area contributed by atoms with Gasteiger partial charge in [0.25, 0.3) is 5.91 Å². The van der Waals surface area contributed by atoms with Crippen molar-refractivity contribution < 1.29 is 9.53 Å². The monoisotopic (exact) mass is 303 g/mol. The number of amides is 1. The summed E-state index contributed by atoms with van der Waals surface area (Å²) in [5.74, 6) is 0.877. The number of thiazole rings is 1. The first-order chi connectivity index (χ1) is 10.3. The molecule has 2 aromatic rings. The fourth-order valence-corrected chi connectivity index (χ4v) is 3.11. The van der Waals surface area contributed by atoms with Crippen LogP contribution >= 0.6 is 11.3 Å². The summed E-state index contributed by atoms with van der Waals surface area (Å²) >= 11 is 1.39. The van der Waals surface area contributed by atoms with Crippen LogP contribution in [0.5, 0.6) is 5.75 Å². The van der Waals surface area contributed by atoms with Crippen molar-refractivity contribution >= 4 is 17.2 Å². The molecule has 1 amide bonds.